The van der Waals surface area contributed by atoms with Gasteiger partial charge in [0.2, 0.25) is 5.60 Å². The Balaban J connectivity index is 1.58. The van der Waals surface area contributed by atoms with E-state index in [0.717, 1.165) is 10.8 Å². The first-order chi connectivity index (χ1) is 14.2. The summed E-state index contributed by atoms with van der Waals surface area (Å²) >= 11 is 0. The maximum atomic E-state index is 13.5. The van der Waals surface area contributed by atoms with E-state index in [2.05, 4.69) is 30.7 Å². The molecule has 3 N–H and O–H groups in total. The van der Waals surface area contributed by atoms with E-state index in [1.54, 1.807) is 18.3 Å². The van der Waals surface area contributed by atoms with Crippen LogP contribution in [-0.2, 0) is 19.2 Å². The van der Waals surface area contributed by atoms with Crippen molar-refractivity contribution in [1.82, 2.24) is 39.9 Å². The molecule has 0 aliphatic carbocycles. The number of hydrogen-bond donors (Lipinski definition) is 3. The number of rotatable bonds is 7. The van der Waals surface area contributed by atoms with Crippen LogP contribution in [-0.4, -0.2) is 53.2 Å². The first-order valence-electron chi connectivity index (χ1n) is 8.80. The lowest BCUT2D eigenvalue weighted by Gasteiger charge is -2.29. The van der Waals surface area contributed by atoms with E-state index < -0.39 is 36.6 Å². The van der Waals surface area contributed by atoms with Crippen LogP contribution in [0.15, 0.2) is 43.4 Å². The molecule has 0 fully saturated rings. The standard InChI is InChI=1S/C17H19F3N8O2/c1-27-8-7-23-14(27)16(30,17(18,19)20)4-6-24-15(29)25-9-12-3-2-5-22-13(12)28-11-21-10-26-28/h2-3,5,7-8,10-11,30H,4,6,9H2,1H3,(H2,24,25,29). The van der Waals surface area contributed by atoms with Gasteiger partial charge in [0.05, 0.1) is 0 Å². The molecule has 0 aromatic carbocycles. The molecule has 0 aliphatic heterocycles. The molecule has 0 saturated carbocycles. The van der Waals surface area contributed by atoms with Gasteiger partial charge in [-0.15, -0.1) is 0 Å². The molecule has 1 atom stereocenters. The highest BCUT2D eigenvalue weighted by Crippen LogP contribution is 2.40. The van der Waals surface area contributed by atoms with E-state index in [4.69, 9.17) is 0 Å². The number of imidazole rings is 1. The zero-order valence-electron chi connectivity index (χ0n) is 15.8. The first kappa shape index (κ1) is 21.2. The summed E-state index contributed by atoms with van der Waals surface area (Å²) in [6.07, 6.45) is 1.03. The minimum atomic E-state index is -4.97. The van der Waals surface area contributed by atoms with E-state index >= 15 is 0 Å². The highest BCUT2D eigenvalue weighted by atomic mass is 19.4. The average Bonchev–Trinajstić information content (AvgIpc) is 3.37. The Kier molecular flexibility index (Phi) is 6.01. The van der Waals surface area contributed by atoms with E-state index in [1.165, 1.54) is 30.6 Å². The van der Waals surface area contributed by atoms with Crippen LogP contribution < -0.4 is 10.6 Å². The largest absolute Gasteiger partial charge is 0.424 e. The summed E-state index contributed by atoms with van der Waals surface area (Å²) in [5.74, 6) is -0.0958. The smallest absolute Gasteiger partial charge is 0.374 e. The molecule has 160 valence electrons. The van der Waals surface area contributed by atoms with Crippen LogP contribution in [0.2, 0.25) is 0 Å². The second-order valence-electron chi connectivity index (χ2n) is 6.41. The molecule has 10 nitrogen and oxygen atoms in total. The van der Waals surface area contributed by atoms with Crippen LogP contribution in [0.25, 0.3) is 5.82 Å². The third-order valence-corrected chi connectivity index (χ3v) is 4.38. The molecular formula is C17H19F3N8O2. The lowest BCUT2D eigenvalue weighted by molar-refractivity contribution is -0.272. The van der Waals surface area contributed by atoms with Gasteiger partial charge in [0.1, 0.15) is 18.5 Å². The molecule has 2 amide bonds. The van der Waals surface area contributed by atoms with Gasteiger partial charge in [-0.2, -0.15) is 18.3 Å². The Hall–Kier alpha value is -3.48. The first-order valence-corrected chi connectivity index (χ1v) is 8.80. The molecule has 3 heterocycles. The van der Waals surface area contributed by atoms with Gasteiger partial charge >= 0.3 is 12.2 Å². The molecule has 30 heavy (non-hydrogen) atoms. The Morgan fingerprint density at radius 2 is 2.03 bits per heavy atom. The normalized spacial score (nSPS) is 13.6. The zero-order valence-corrected chi connectivity index (χ0v) is 15.8. The van der Waals surface area contributed by atoms with Crippen molar-refractivity contribution < 1.29 is 23.1 Å². The summed E-state index contributed by atoms with van der Waals surface area (Å²) in [4.78, 5) is 23.7. The fraction of sp³-hybridized carbons (Fsp3) is 0.353. The number of aromatic nitrogens is 6. The molecule has 1 unspecified atom stereocenters. The van der Waals surface area contributed by atoms with Crippen molar-refractivity contribution in [3.8, 4) is 5.82 Å². The van der Waals surface area contributed by atoms with Gasteiger partial charge in [0.15, 0.2) is 5.82 Å². The van der Waals surface area contributed by atoms with Crippen LogP contribution in [0.3, 0.4) is 0 Å². The monoisotopic (exact) mass is 424 g/mol. The topological polar surface area (TPSA) is 123 Å². The number of aliphatic hydroxyl groups is 1. The zero-order chi connectivity index (χ0) is 21.8. The number of pyridine rings is 1. The van der Waals surface area contributed by atoms with Crippen molar-refractivity contribution in [3.63, 3.8) is 0 Å². The lowest BCUT2D eigenvalue weighted by atomic mass is 9.97. The summed E-state index contributed by atoms with van der Waals surface area (Å²) in [7, 11) is 1.35. The van der Waals surface area contributed by atoms with Gasteiger partial charge in [-0.05, 0) is 6.07 Å². The van der Waals surface area contributed by atoms with Crippen LogP contribution in [0.1, 0.15) is 17.8 Å². The molecule has 3 aromatic heterocycles. The number of nitrogens with zero attached hydrogens (tertiary/aromatic N) is 6. The fourth-order valence-corrected chi connectivity index (χ4v) is 2.83. The SMILES string of the molecule is Cn1ccnc1C(O)(CCNC(=O)NCc1cccnc1-n1cncn1)C(F)(F)F. The van der Waals surface area contributed by atoms with E-state index in [-0.39, 0.29) is 6.54 Å². The molecule has 0 aliphatic rings. The second kappa shape index (κ2) is 8.49. The molecular weight excluding hydrogens is 405 g/mol. The predicted molar refractivity (Wildman–Crippen MR) is 97.2 cm³/mol. The summed E-state index contributed by atoms with van der Waals surface area (Å²) in [5, 5.41) is 19.1. The number of carbonyl (C=O) groups excluding carboxylic acids is 1. The van der Waals surface area contributed by atoms with Crippen LogP contribution in [0, 0.1) is 0 Å². The number of nitrogens with one attached hydrogen (secondary N) is 2. The van der Waals surface area contributed by atoms with Gasteiger partial charge in [0, 0.05) is 50.7 Å². The maximum Gasteiger partial charge on any atom is 0.424 e. The summed E-state index contributed by atoms with van der Waals surface area (Å²) in [6, 6.07) is 2.69. The quantitative estimate of drug-likeness (QED) is 0.521. The minimum absolute atomic E-state index is 0.0533. The Labute approximate surface area is 168 Å². The Bertz CT molecular complexity index is 989. The summed E-state index contributed by atoms with van der Waals surface area (Å²) < 4.78 is 42.9. The molecule has 0 saturated heterocycles. The number of alkyl halides is 3. The summed E-state index contributed by atoms with van der Waals surface area (Å²) in [6.45, 7) is -0.380. The maximum absolute atomic E-state index is 13.5. The predicted octanol–water partition coefficient (Wildman–Crippen LogP) is 1.04. The minimum Gasteiger partial charge on any atom is -0.374 e. The highest BCUT2D eigenvalue weighted by molar-refractivity contribution is 5.73. The van der Waals surface area contributed by atoms with Crippen molar-refractivity contribution in [2.24, 2.45) is 7.05 Å². The lowest BCUT2D eigenvalue weighted by Crippen LogP contribution is -2.47. The van der Waals surface area contributed by atoms with Crippen molar-refractivity contribution in [2.45, 2.75) is 24.7 Å². The third kappa shape index (κ3) is 4.40. The van der Waals surface area contributed by atoms with Crippen molar-refractivity contribution >= 4 is 6.03 Å². The molecule has 0 bridgehead atoms. The van der Waals surface area contributed by atoms with Crippen LogP contribution in [0.5, 0.6) is 0 Å². The molecule has 0 spiro atoms. The number of halogens is 3. The van der Waals surface area contributed by atoms with Crippen LogP contribution in [0.4, 0.5) is 18.0 Å². The van der Waals surface area contributed by atoms with Gasteiger partial charge in [-0.3, -0.25) is 0 Å². The van der Waals surface area contributed by atoms with Gasteiger partial charge < -0.3 is 20.3 Å². The average molecular weight is 424 g/mol. The number of amides is 2. The second-order valence-corrected chi connectivity index (χ2v) is 6.41. The number of aryl methyl sites for hydroxylation is 1. The molecule has 13 heteroatoms. The number of urea groups is 1. The van der Waals surface area contributed by atoms with Crippen molar-refractivity contribution in [3.05, 3.63) is 54.8 Å². The third-order valence-electron chi connectivity index (χ3n) is 4.38. The van der Waals surface area contributed by atoms with Crippen molar-refractivity contribution in [1.29, 1.82) is 0 Å². The molecule has 0 radical (unpaired) electrons. The van der Waals surface area contributed by atoms with E-state index in [0.29, 0.717) is 11.4 Å². The van der Waals surface area contributed by atoms with Gasteiger partial charge in [0.25, 0.3) is 0 Å². The molecule has 3 rings (SSSR count). The Morgan fingerprint density at radius 3 is 2.67 bits per heavy atom. The van der Waals surface area contributed by atoms with Crippen LogP contribution >= 0.6 is 0 Å². The highest BCUT2D eigenvalue weighted by Gasteiger charge is 2.57. The fourth-order valence-electron chi connectivity index (χ4n) is 2.83. The van der Waals surface area contributed by atoms with E-state index in [1.807, 2.05) is 0 Å². The van der Waals surface area contributed by atoms with Gasteiger partial charge in [-0.25, -0.2) is 24.4 Å². The number of carbonyl (C=O) groups is 1. The Morgan fingerprint density at radius 1 is 1.23 bits per heavy atom. The van der Waals surface area contributed by atoms with Crippen molar-refractivity contribution in [2.75, 3.05) is 6.54 Å². The summed E-state index contributed by atoms with van der Waals surface area (Å²) in [5.41, 5.74) is -2.57. The molecule has 3 aromatic rings. The van der Waals surface area contributed by atoms with E-state index in [9.17, 15) is 23.1 Å². The van der Waals surface area contributed by atoms with Gasteiger partial charge in [-0.1, -0.05) is 6.07 Å². The number of hydrogen-bond acceptors (Lipinski definition) is 6.